The standard InChI is InChI=1S/C22H28F3N5O4/c1-4-34-20-15(22(23,24)25)9-14(11-27-20)16-10-17(18(30(31)32)19(26)28-16)29(2)12-21(13-33-3)7-5-6-8-21/h9-11H,4-8,12-13H2,1-3H3,(H2,26,28). The predicted octanol–water partition coefficient (Wildman–Crippen LogP) is 4.69. The van der Waals surface area contributed by atoms with Crippen LogP contribution in [0.1, 0.15) is 38.2 Å². The molecule has 0 amide bonds. The van der Waals surface area contributed by atoms with Gasteiger partial charge in [-0.05, 0) is 31.9 Å². The number of nitro groups is 1. The molecule has 186 valence electrons. The van der Waals surface area contributed by atoms with Gasteiger partial charge in [-0.15, -0.1) is 0 Å². The minimum Gasteiger partial charge on any atom is -0.478 e. The molecule has 3 rings (SSSR count). The number of ether oxygens (including phenoxy) is 2. The third kappa shape index (κ3) is 5.32. The summed E-state index contributed by atoms with van der Waals surface area (Å²) in [7, 11) is 3.31. The number of nitrogens with two attached hydrogens (primary N) is 1. The van der Waals surface area contributed by atoms with Crippen molar-refractivity contribution in [3.05, 3.63) is 34.0 Å². The SMILES string of the molecule is CCOc1ncc(-c2cc(N(C)CC3(COC)CCCC3)c([N+](=O)[O-])c(N)n2)cc1C(F)(F)F. The lowest BCUT2D eigenvalue weighted by Crippen LogP contribution is -2.37. The van der Waals surface area contributed by atoms with Crippen molar-refractivity contribution in [1.82, 2.24) is 9.97 Å². The second-order valence-corrected chi connectivity index (χ2v) is 8.52. The monoisotopic (exact) mass is 483 g/mol. The molecular weight excluding hydrogens is 455 g/mol. The molecule has 0 aromatic carbocycles. The lowest BCUT2D eigenvalue weighted by Gasteiger charge is -2.34. The summed E-state index contributed by atoms with van der Waals surface area (Å²) in [6, 6.07) is 2.24. The second kappa shape index (κ2) is 10.00. The van der Waals surface area contributed by atoms with Gasteiger partial charge in [0.1, 0.15) is 11.3 Å². The molecule has 0 bridgehead atoms. The normalized spacial score (nSPS) is 15.4. The Bertz CT molecular complexity index is 1040. The number of nitrogens with zero attached hydrogens (tertiary/aromatic N) is 4. The van der Waals surface area contributed by atoms with Gasteiger partial charge in [-0.25, -0.2) is 9.97 Å². The van der Waals surface area contributed by atoms with Crippen LogP contribution in [0.5, 0.6) is 5.88 Å². The summed E-state index contributed by atoms with van der Waals surface area (Å²) in [4.78, 5) is 20.7. The summed E-state index contributed by atoms with van der Waals surface area (Å²) in [5.41, 5.74) is 4.50. The highest BCUT2D eigenvalue weighted by Gasteiger charge is 2.38. The Kier molecular flexibility index (Phi) is 7.49. The van der Waals surface area contributed by atoms with Gasteiger partial charge >= 0.3 is 11.9 Å². The maximum atomic E-state index is 13.6. The Labute approximate surface area is 195 Å². The molecule has 9 nitrogen and oxygen atoms in total. The number of pyridine rings is 2. The molecule has 0 spiro atoms. The zero-order valence-electron chi connectivity index (χ0n) is 19.3. The van der Waals surface area contributed by atoms with E-state index in [1.165, 1.54) is 12.3 Å². The zero-order valence-corrected chi connectivity index (χ0v) is 19.3. The van der Waals surface area contributed by atoms with E-state index in [9.17, 15) is 23.3 Å². The van der Waals surface area contributed by atoms with Gasteiger partial charge in [0, 0.05) is 37.9 Å². The highest BCUT2D eigenvalue weighted by atomic mass is 19.4. The molecule has 2 heterocycles. The van der Waals surface area contributed by atoms with Crippen LogP contribution in [0.25, 0.3) is 11.3 Å². The average molecular weight is 483 g/mol. The fourth-order valence-electron chi connectivity index (χ4n) is 4.58. The van der Waals surface area contributed by atoms with Crippen molar-refractivity contribution in [3.8, 4) is 17.1 Å². The molecule has 12 heteroatoms. The van der Waals surface area contributed by atoms with E-state index in [4.69, 9.17) is 15.2 Å². The molecule has 0 saturated heterocycles. The number of anilines is 2. The van der Waals surface area contributed by atoms with Gasteiger partial charge in [0.15, 0.2) is 0 Å². The van der Waals surface area contributed by atoms with Crippen molar-refractivity contribution >= 4 is 17.2 Å². The van der Waals surface area contributed by atoms with Crippen molar-refractivity contribution in [2.24, 2.45) is 5.41 Å². The fraction of sp³-hybridized carbons (Fsp3) is 0.545. The van der Waals surface area contributed by atoms with E-state index < -0.39 is 28.2 Å². The van der Waals surface area contributed by atoms with Gasteiger partial charge in [0.05, 0.1) is 23.8 Å². The highest BCUT2D eigenvalue weighted by molar-refractivity contribution is 5.79. The molecule has 2 N–H and O–H groups in total. The van der Waals surface area contributed by atoms with E-state index in [2.05, 4.69) is 9.97 Å². The first-order valence-corrected chi connectivity index (χ1v) is 10.9. The van der Waals surface area contributed by atoms with Crippen molar-refractivity contribution < 1.29 is 27.6 Å². The summed E-state index contributed by atoms with van der Waals surface area (Å²) in [6.07, 6.45) is 0.339. The maximum Gasteiger partial charge on any atom is 0.421 e. The van der Waals surface area contributed by atoms with E-state index in [0.717, 1.165) is 31.7 Å². The van der Waals surface area contributed by atoms with Crippen LogP contribution in [0, 0.1) is 15.5 Å². The third-order valence-electron chi connectivity index (χ3n) is 6.01. The van der Waals surface area contributed by atoms with Gasteiger partial charge in [-0.2, -0.15) is 13.2 Å². The van der Waals surface area contributed by atoms with Gasteiger partial charge < -0.3 is 20.1 Å². The molecule has 34 heavy (non-hydrogen) atoms. The van der Waals surface area contributed by atoms with Gasteiger partial charge in [-0.1, -0.05) is 12.8 Å². The Hall–Kier alpha value is -3.15. The Morgan fingerprint density at radius 2 is 1.97 bits per heavy atom. The maximum absolute atomic E-state index is 13.6. The molecule has 0 unspecified atom stereocenters. The molecule has 1 aliphatic rings. The van der Waals surface area contributed by atoms with Crippen molar-refractivity contribution in [3.63, 3.8) is 0 Å². The van der Waals surface area contributed by atoms with E-state index in [-0.39, 0.29) is 34.8 Å². The molecule has 0 aliphatic heterocycles. The van der Waals surface area contributed by atoms with Crippen LogP contribution in [0.4, 0.5) is 30.4 Å². The quantitative estimate of drug-likeness (QED) is 0.403. The van der Waals surface area contributed by atoms with Crippen LogP contribution in [-0.2, 0) is 10.9 Å². The minimum atomic E-state index is -4.71. The van der Waals surface area contributed by atoms with Gasteiger partial charge in [-0.3, -0.25) is 10.1 Å². The number of halogens is 3. The topological polar surface area (TPSA) is 117 Å². The molecule has 0 radical (unpaired) electrons. The smallest absolute Gasteiger partial charge is 0.421 e. The van der Waals surface area contributed by atoms with Crippen molar-refractivity contribution in [2.75, 3.05) is 44.5 Å². The van der Waals surface area contributed by atoms with Gasteiger partial charge in [0.2, 0.25) is 11.7 Å². The molecule has 2 aromatic rings. The molecule has 1 aliphatic carbocycles. The number of aromatic nitrogens is 2. The predicted molar refractivity (Wildman–Crippen MR) is 121 cm³/mol. The first-order valence-electron chi connectivity index (χ1n) is 10.9. The summed E-state index contributed by atoms with van der Waals surface area (Å²) in [5, 5.41) is 11.8. The van der Waals surface area contributed by atoms with Crippen LogP contribution in [0.3, 0.4) is 0 Å². The Morgan fingerprint density at radius 3 is 2.53 bits per heavy atom. The largest absolute Gasteiger partial charge is 0.478 e. The average Bonchev–Trinajstić information content (AvgIpc) is 3.20. The fourth-order valence-corrected chi connectivity index (χ4v) is 4.58. The molecular formula is C22H28F3N5O4. The molecule has 1 fully saturated rings. The minimum absolute atomic E-state index is 0.0102. The van der Waals surface area contributed by atoms with Crippen LogP contribution in [0.15, 0.2) is 18.3 Å². The van der Waals surface area contributed by atoms with Crippen LogP contribution < -0.4 is 15.4 Å². The first kappa shape index (κ1) is 25.5. The van der Waals surface area contributed by atoms with Gasteiger partial charge in [0.25, 0.3) is 0 Å². The number of alkyl halides is 3. The Balaban J connectivity index is 2.09. The number of rotatable bonds is 9. The Morgan fingerprint density at radius 1 is 1.29 bits per heavy atom. The molecule has 1 saturated carbocycles. The number of methoxy groups -OCH3 is 1. The highest BCUT2D eigenvalue weighted by Crippen LogP contribution is 2.43. The molecule has 0 atom stereocenters. The first-order chi connectivity index (χ1) is 16.0. The summed E-state index contributed by atoms with van der Waals surface area (Å²) in [5.74, 6) is -0.937. The van der Waals surface area contributed by atoms with E-state index in [1.807, 2.05) is 0 Å². The number of hydrogen-bond donors (Lipinski definition) is 1. The van der Waals surface area contributed by atoms with Crippen LogP contribution >= 0.6 is 0 Å². The lowest BCUT2D eigenvalue weighted by molar-refractivity contribution is -0.383. The van der Waals surface area contributed by atoms with E-state index in [0.29, 0.717) is 13.2 Å². The summed E-state index contributed by atoms with van der Waals surface area (Å²) in [6.45, 7) is 2.52. The zero-order chi connectivity index (χ0) is 25.1. The van der Waals surface area contributed by atoms with Crippen LogP contribution in [-0.4, -0.2) is 48.8 Å². The van der Waals surface area contributed by atoms with Crippen molar-refractivity contribution in [1.29, 1.82) is 0 Å². The second-order valence-electron chi connectivity index (χ2n) is 8.52. The number of hydrogen-bond acceptors (Lipinski definition) is 8. The lowest BCUT2D eigenvalue weighted by atomic mass is 9.86. The summed E-state index contributed by atoms with van der Waals surface area (Å²) >= 11 is 0. The number of nitrogen functional groups attached to an aromatic ring is 1. The molecule has 2 aromatic heterocycles. The third-order valence-corrected chi connectivity index (χ3v) is 6.01. The van der Waals surface area contributed by atoms with Crippen LogP contribution in [0.2, 0.25) is 0 Å². The van der Waals surface area contributed by atoms with E-state index >= 15 is 0 Å². The van der Waals surface area contributed by atoms with Crippen molar-refractivity contribution in [2.45, 2.75) is 38.8 Å². The van der Waals surface area contributed by atoms with E-state index in [1.54, 1.807) is 26.0 Å². The summed E-state index contributed by atoms with van der Waals surface area (Å²) < 4.78 is 51.2.